The maximum Gasteiger partial charge on any atom is 0.349 e. The van der Waals surface area contributed by atoms with E-state index in [0.717, 1.165) is 19.4 Å². The average molecular weight is 578 g/mol. The Balaban J connectivity index is 1.40. The number of anilines is 1. The van der Waals surface area contributed by atoms with Crippen LogP contribution in [0, 0.1) is 12.7 Å². The molecular formula is C30H29F2N5O5. The van der Waals surface area contributed by atoms with Crippen LogP contribution in [0.2, 0.25) is 0 Å². The molecule has 0 spiro atoms. The van der Waals surface area contributed by atoms with Gasteiger partial charge in [0.15, 0.2) is 5.82 Å². The topological polar surface area (TPSA) is 121 Å². The van der Waals surface area contributed by atoms with E-state index >= 15 is 4.39 Å². The first-order valence-electron chi connectivity index (χ1n) is 14.0. The number of rotatable bonds is 5. The smallest absolute Gasteiger partial charge is 0.349 e. The average Bonchev–Trinajstić information content (AvgIpc) is 3.48. The van der Waals surface area contributed by atoms with Gasteiger partial charge in [-0.3, -0.25) is 9.69 Å². The van der Waals surface area contributed by atoms with Crippen molar-refractivity contribution in [2.24, 2.45) is 0 Å². The number of phenols is 1. The van der Waals surface area contributed by atoms with Gasteiger partial charge in [-0.1, -0.05) is 12.1 Å². The lowest BCUT2D eigenvalue weighted by atomic mass is 9.95. The lowest BCUT2D eigenvalue weighted by Gasteiger charge is -2.31. The summed E-state index contributed by atoms with van der Waals surface area (Å²) in [7, 11) is 0. The molecule has 12 heteroatoms. The van der Waals surface area contributed by atoms with Crippen LogP contribution in [0.5, 0.6) is 11.8 Å². The molecule has 0 bridgehead atoms. The maximum absolute atomic E-state index is 15.1. The number of alkyl halides is 1. The van der Waals surface area contributed by atoms with E-state index in [9.17, 15) is 19.1 Å². The number of aromatic nitrogens is 2. The van der Waals surface area contributed by atoms with Crippen molar-refractivity contribution in [3.63, 3.8) is 0 Å². The predicted octanol–water partition coefficient (Wildman–Crippen LogP) is 3.45. The molecule has 2 aromatic carbocycles. The fourth-order valence-electron chi connectivity index (χ4n) is 6.78. The third-order valence-corrected chi connectivity index (χ3v) is 8.69. The molecule has 3 fully saturated rings. The minimum Gasteiger partial charge on any atom is -0.508 e. The standard InChI is InChI=1S/C30H29F2N5O5/c1-16-25-24(28(40)42-26(16)20-11-19(38)10-17-4-2-5-21(32)23(17)20)27(36-9-7-33-22(39)14-36)35-29(34-25)41-15-30-6-3-8-37(30)13-18(31)12-30/h2,4-5,10-11,18,38H,3,6-9,12-15H2,1H3,(H,33,39)/t18-,30+/m1/s1. The van der Waals surface area contributed by atoms with E-state index in [0.29, 0.717) is 37.0 Å². The van der Waals surface area contributed by atoms with Gasteiger partial charge in [0.25, 0.3) is 0 Å². The number of benzene rings is 2. The molecule has 0 radical (unpaired) electrons. The van der Waals surface area contributed by atoms with Crippen LogP contribution in [-0.4, -0.2) is 76.9 Å². The van der Waals surface area contributed by atoms with Gasteiger partial charge in [-0.25, -0.2) is 13.6 Å². The molecule has 2 N–H and O–H groups in total. The number of aryl methyl sites for hydroxylation is 1. The normalized spacial score (nSPS) is 22.6. The molecule has 1 amide bonds. The van der Waals surface area contributed by atoms with Crippen molar-refractivity contribution in [2.45, 2.75) is 37.9 Å². The second-order valence-corrected chi connectivity index (χ2v) is 11.4. The highest BCUT2D eigenvalue weighted by atomic mass is 19.1. The number of hydrogen-bond acceptors (Lipinski definition) is 9. The van der Waals surface area contributed by atoms with E-state index in [-0.39, 0.29) is 64.2 Å². The maximum atomic E-state index is 15.1. The molecule has 5 heterocycles. The number of halogens is 2. The van der Waals surface area contributed by atoms with Crippen molar-refractivity contribution < 1.29 is 27.8 Å². The Morgan fingerprint density at radius 1 is 1.21 bits per heavy atom. The fourth-order valence-corrected chi connectivity index (χ4v) is 6.78. The van der Waals surface area contributed by atoms with Gasteiger partial charge in [0.1, 0.15) is 35.5 Å². The molecule has 0 aliphatic carbocycles. The van der Waals surface area contributed by atoms with Crippen molar-refractivity contribution in [1.29, 1.82) is 0 Å². The zero-order valence-electron chi connectivity index (χ0n) is 23.0. The molecule has 218 valence electrons. The SMILES string of the molecule is Cc1c(-c2cc(O)cc3cccc(F)c23)oc(=O)c2c(N3CCNC(=O)C3)nc(OC[C@@]34CCCN3C[C@H](F)C4)nc12. The first-order chi connectivity index (χ1) is 20.2. The largest absolute Gasteiger partial charge is 0.508 e. The first kappa shape index (κ1) is 26.6. The summed E-state index contributed by atoms with van der Waals surface area (Å²) in [6, 6.07) is 7.24. The molecule has 3 aliphatic rings. The van der Waals surface area contributed by atoms with Crippen molar-refractivity contribution in [2.75, 3.05) is 44.2 Å². The van der Waals surface area contributed by atoms with Crippen LogP contribution in [0.3, 0.4) is 0 Å². The van der Waals surface area contributed by atoms with Gasteiger partial charge in [-0.05, 0) is 49.9 Å². The number of aromatic hydroxyl groups is 1. The highest BCUT2D eigenvalue weighted by Gasteiger charge is 2.49. The number of carbonyl (C=O) groups excluding carboxylic acids is 1. The summed E-state index contributed by atoms with van der Waals surface area (Å²) < 4.78 is 41.4. The quantitative estimate of drug-likeness (QED) is 0.367. The van der Waals surface area contributed by atoms with E-state index in [2.05, 4.69) is 20.2 Å². The van der Waals surface area contributed by atoms with E-state index < -0.39 is 23.2 Å². The molecule has 10 nitrogen and oxygen atoms in total. The third kappa shape index (κ3) is 4.32. The summed E-state index contributed by atoms with van der Waals surface area (Å²) in [5.41, 5.74) is -0.407. The van der Waals surface area contributed by atoms with Gasteiger partial charge in [0.05, 0.1) is 17.6 Å². The number of hydrogen-bond donors (Lipinski definition) is 2. The molecule has 2 atom stereocenters. The highest BCUT2D eigenvalue weighted by molar-refractivity contribution is 6.01. The van der Waals surface area contributed by atoms with Crippen molar-refractivity contribution >= 4 is 33.4 Å². The molecule has 7 rings (SSSR count). The number of fused-ring (bicyclic) bond motifs is 3. The van der Waals surface area contributed by atoms with Crippen LogP contribution in [0.4, 0.5) is 14.6 Å². The van der Waals surface area contributed by atoms with Gasteiger partial charge < -0.3 is 24.5 Å². The zero-order chi connectivity index (χ0) is 29.2. The van der Waals surface area contributed by atoms with Crippen LogP contribution >= 0.6 is 0 Å². The van der Waals surface area contributed by atoms with Crippen molar-refractivity contribution in [3.05, 3.63) is 52.1 Å². The zero-order valence-corrected chi connectivity index (χ0v) is 23.0. The van der Waals surface area contributed by atoms with Crippen LogP contribution < -0.4 is 20.6 Å². The molecular weight excluding hydrogens is 548 g/mol. The van der Waals surface area contributed by atoms with Crippen LogP contribution in [0.25, 0.3) is 33.0 Å². The van der Waals surface area contributed by atoms with Gasteiger partial charge in [-0.15, -0.1) is 0 Å². The van der Waals surface area contributed by atoms with E-state index in [1.807, 2.05) is 0 Å². The van der Waals surface area contributed by atoms with Gasteiger partial charge >= 0.3 is 11.6 Å². The minimum absolute atomic E-state index is 0.0152. The Labute approximate surface area is 238 Å². The van der Waals surface area contributed by atoms with E-state index in [1.165, 1.54) is 24.3 Å². The molecule has 3 saturated heterocycles. The monoisotopic (exact) mass is 577 g/mol. The number of nitrogens with zero attached hydrogens (tertiary/aromatic N) is 4. The van der Waals surface area contributed by atoms with E-state index in [1.54, 1.807) is 17.9 Å². The first-order valence-corrected chi connectivity index (χ1v) is 14.0. The summed E-state index contributed by atoms with van der Waals surface area (Å²) in [6.07, 6.45) is 1.17. The lowest BCUT2D eigenvalue weighted by molar-refractivity contribution is -0.120. The number of carbonyl (C=O) groups is 1. The number of ether oxygens (including phenoxy) is 1. The molecule has 0 unspecified atom stereocenters. The third-order valence-electron chi connectivity index (χ3n) is 8.69. The Kier molecular flexibility index (Phi) is 6.26. The fraction of sp³-hybridized carbons (Fsp3) is 0.400. The number of nitrogens with one attached hydrogen (secondary N) is 1. The number of phenolic OH excluding ortho intramolecular Hbond substituents is 1. The van der Waals surface area contributed by atoms with Crippen molar-refractivity contribution in [1.82, 2.24) is 20.2 Å². The Morgan fingerprint density at radius 2 is 2.07 bits per heavy atom. The molecule has 3 aliphatic heterocycles. The van der Waals surface area contributed by atoms with E-state index in [4.69, 9.17) is 9.15 Å². The Bertz CT molecular complexity index is 1810. The second-order valence-electron chi connectivity index (χ2n) is 11.4. The van der Waals surface area contributed by atoms with Gasteiger partial charge in [-0.2, -0.15) is 9.97 Å². The van der Waals surface area contributed by atoms with Gasteiger partial charge in [0.2, 0.25) is 5.91 Å². The lowest BCUT2D eigenvalue weighted by Crippen LogP contribution is -2.48. The summed E-state index contributed by atoms with van der Waals surface area (Å²) >= 11 is 0. The summed E-state index contributed by atoms with van der Waals surface area (Å²) in [5.74, 6) is -0.659. The minimum atomic E-state index is -0.930. The summed E-state index contributed by atoms with van der Waals surface area (Å²) in [5, 5.41) is 13.9. The van der Waals surface area contributed by atoms with Crippen LogP contribution in [-0.2, 0) is 4.79 Å². The Morgan fingerprint density at radius 3 is 2.90 bits per heavy atom. The Hall–Kier alpha value is -4.32. The number of amides is 1. The predicted molar refractivity (Wildman–Crippen MR) is 151 cm³/mol. The highest BCUT2D eigenvalue weighted by Crippen LogP contribution is 2.41. The van der Waals surface area contributed by atoms with Crippen LogP contribution in [0.15, 0.2) is 39.5 Å². The molecule has 4 aromatic rings. The summed E-state index contributed by atoms with van der Waals surface area (Å²) in [6.45, 7) is 3.74. The van der Waals surface area contributed by atoms with Crippen LogP contribution in [0.1, 0.15) is 24.8 Å². The molecule has 42 heavy (non-hydrogen) atoms. The van der Waals surface area contributed by atoms with Gasteiger partial charge in [0, 0.05) is 42.6 Å². The molecule has 2 aromatic heterocycles. The number of piperazine rings is 1. The molecule has 0 saturated carbocycles. The summed E-state index contributed by atoms with van der Waals surface area (Å²) in [4.78, 5) is 38.9. The second kappa shape index (κ2) is 9.90. The van der Waals surface area contributed by atoms with Crippen molar-refractivity contribution in [3.8, 4) is 23.1 Å².